The molecule has 0 aliphatic carbocycles. The Hall–Kier alpha value is -3.18. The van der Waals surface area contributed by atoms with Crippen molar-refractivity contribution in [1.29, 1.82) is 5.26 Å². The fourth-order valence-electron chi connectivity index (χ4n) is 4.19. The number of aromatic nitrogens is 2. The van der Waals surface area contributed by atoms with Crippen LogP contribution in [0, 0.1) is 11.3 Å². The Morgan fingerprint density at radius 2 is 1.91 bits per heavy atom. The van der Waals surface area contributed by atoms with Gasteiger partial charge in [0, 0.05) is 41.8 Å². The van der Waals surface area contributed by atoms with Crippen LogP contribution in [0.5, 0.6) is 5.75 Å². The second-order valence-electron chi connectivity index (χ2n) is 7.94. The van der Waals surface area contributed by atoms with E-state index < -0.39 is 0 Å². The summed E-state index contributed by atoms with van der Waals surface area (Å²) >= 11 is 1.52. The number of rotatable bonds is 5. The first-order chi connectivity index (χ1) is 15.7. The van der Waals surface area contributed by atoms with E-state index in [0.29, 0.717) is 0 Å². The number of hydrogen-bond donors (Lipinski definition) is 1. The van der Waals surface area contributed by atoms with E-state index in [0.717, 1.165) is 77.1 Å². The first-order valence-corrected chi connectivity index (χ1v) is 11.7. The highest BCUT2D eigenvalue weighted by Crippen LogP contribution is 2.32. The molecule has 1 N–H and O–H groups in total. The Bertz CT molecular complexity index is 1260. The summed E-state index contributed by atoms with van der Waals surface area (Å²) in [5, 5.41) is 12.7. The van der Waals surface area contributed by atoms with Crippen LogP contribution >= 0.6 is 11.3 Å². The topological polar surface area (TPSA) is 65.6 Å². The Morgan fingerprint density at radius 3 is 2.69 bits per heavy atom. The smallest absolute Gasteiger partial charge is 0.137 e. The molecule has 0 unspecified atom stereocenters. The van der Waals surface area contributed by atoms with Gasteiger partial charge in [-0.05, 0) is 68.0 Å². The molecule has 7 heteroatoms. The number of nitriles is 1. The predicted octanol–water partition coefficient (Wildman–Crippen LogP) is 4.41. The van der Waals surface area contributed by atoms with Gasteiger partial charge in [-0.25, -0.2) is 4.98 Å². The third-order valence-electron chi connectivity index (χ3n) is 5.89. The van der Waals surface area contributed by atoms with Crippen LogP contribution in [0.3, 0.4) is 0 Å². The number of benzene rings is 1. The minimum absolute atomic E-state index is 0.724. The van der Waals surface area contributed by atoms with Crippen molar-refractivity contribution >= 4 is 17.0 Å². The van der Waals surface area contributed by atoms with Crippen LogP contribution in [0.1, 0.15) is 17.0 Å². The molecule has 0 spiro atoms. The lowest BCUT2D eigenvalue weighted by Gasteiger charge is -2.20. The second-order valence-corrected chi connectivity index (χ2v) is 9.02. The highest BCUT2D eigenvalue weighted by Gasteiger charge is 2.19. The van der Waals surface area contributed by atoms with Crippen LogP contribution in [-0.2, 0) is 6.54 Å². The van der Waals surface area contributed by atoms with Crippen molar-refractivity contribution < 1.29 is 4.74 Å². The van der Waals surface area contributed by atoms with Gasteiger partial charge >= 0.3 is 0 Å². The molecule has 5 rings (SSSR count). The average molecular weight is 444 g/mol. The lowest BCUT2D eigenvalue weighted by Crippen LogP contribution is -2.28. The number of thiophene rings is 1. The minimum atomic E-state index is 0.724. The standard InChI is InChI=1S/C25H25N5OS/c1-31-20-6-3-18(4-7-20)25-22(17-29-13-2-11-27-12-14-29)30-16-19(5-10-24(30)28-25)23-9-8-21(15-26)32-23/h3-10,16,27H,2,11-14,17H2,1H3. The molecule has 1 aromatic carbocycles. The maximum absolute atomic E-state index is 9.21. The predicted molar refractivity (Wildman–Crippen MR) is 128 cm³/mol. The van der Waals surface area contributed by atoms with Crippen molar-refractivity contribution in [3.8, 4) is 33.5 Å². The summed E-state index contributed by atoms with van der Waals surface area (Å²) in [6.07, 6.45) is 3.31. The molecule has 0 amide bonds. The van der Waals surface area contributed by atoms with Gasteiger partial charge in [0.15, 0.2) is 0 Å². The van der Waals surface area contributed by atoms with E-state index in [-0.39, 0.29) is 0 Å². The van der Waals surface area contributed by atoms with Crippen molar-refractivity contribution in [2.75, 3.05) is 33.3 Å². The third kappa shape index (κ3) is 4.13. The zero-order chi connectivity index (χ0) is 21.9. The van der Waals surface area contributed by atoms with E-state index in [1.165, 1.54) is 17.0 Å². The van der Waals surface area contributed by atoms with Gasteiger partial charge in [-0.15, -0.1) is 11.3 Å². The number of pyridine rings is 1. The summed E-state index contributed by atoms with van der Waals surface area (Å²) in [4.78, 5) is 9.33. The molecule has 0 atom stereocenters. The molecule has 4 aromatic rings. The van der Waals surface area contributed by atoms with E-state index in [2.05, 4.69) is 51.1 Å². The average Bonchev–Trinajstić information content (AvgIpc) is 3.36. The van der Waals surface area contributed by atoms with Crippen LogP contribution in [0.2, 0.25) is 0 Å². The van der Waals surface area contributed by atoms with Crippen molar-refractivity contribution in [2.45, 2.75) is 13.0 Å². The van der Waals surface area contributed by atoms with Gasteiger partial charge in [0.05, 0.1) is 18.5 Å². The normalized spacial score (nSPS) is 14.9. The highest BCUT2D eigenvalue weighted by atomic mass is 32.1. The molecule has 0 bridgehead atoms. The van der Waals surface area contributed by atoms with Crippen LogP contribution in [0.15, 0.2) is 54.7 Å². The SMILES string of the molecule is COc1ccc(-c2nc3ccc(-c4ccc(C#N)s4)cn3c2CN2CCCNCC2)cc1. The van der Waals surface area contributed by atoms with Crippen molar-refractivity contribution in [1.82, 2.24) is 19.6 Å². The molecule has 3 aromatic heterocycles. The maximum Gasteiger partial charge on any atom is 0.137 e. The van der Waals surface area contributed by atoms with Gasteiger partial charge in [0.2, 0.25) is 0 Å². The van der Waals surface area contributed by atoms with Crippen molar-refractivity contribution in [3.63, 3.8) is 0 Å². The molecule has 162 valence electrons. The first-order valence-electron chi connectivity index (χ1n) is 10.8. The number of methoxy groups -OCH3 is 1. The molecule has 1 saturated heterocycles. The zero-order valence-corrected chi connectivity index (χ0v) is 18.9. The quantitative estimate of drug-likeness (QED) is 0.495. The summed E-state index contributed by atoms with van der Waals surface area (Å²) in [5.41, 5.74) is 5.31. The maximum atomic E-state index is 9.21. The van der Waals surface area contributed by atoms with E-state index in [9.17, 15) is 5.26 Å². The summed E-state index contributed by atoms with van der Waals surface area (Å²) in [6.45, 7) is 5.00. The second kappa shape index (κ2) is 9.13. The van der Waals surface area contributed by atoms with Crippen LogP contribution < -0.4 is 10.1 Å². The van der Waals surface area contributed by atoms with Crippen LogP contribution in [-0.4, -0.2) is 47.6 Å². The Kier molecular flexibility index (Phi) is 5.91. The number of hydrogen-bond acceptors (Lipinski definition) is 6. The van der Waals surface area contributed by atoms with E-state index in [4.69, 9.17) is 9.72 Å². The Labute approximate surface area is 191 Å². The lowest BCUT2D eigenvalue weighted by molar-refractivity contribution is 0.281. The fraction of sp³-hybridized carbons (Fsp3) is 0.280. The van der Waals surface area contributed by atoms with Crippen molar-refractivity contribution in [3.05, 3.63) is 65.3 Å². The fourth-order valence-corrected chi connectivity index (χ4v) is 4.99. The summed E-state index contributed by atoms with van der Waals surface area (Å²) < 4.78 is 7.56. The largest absolute Gasteiger partial charge is 0.497 e. The summed E-state index contributed by atoms with van der Waals surface area (Å²) in [5.74, 6) is 0.839. The third-order valence-corrected chi connectivity index (χ3v) is 6.93. The molecule has 0 radical (unpaired) electrons. The number of fused-ring (bicyclic) bond motifs is 1. The van der Waals surface area contributed by atoms with E-state index >= 15 is 0 Å². The zero-order valence-electron chi connectivity index (χ0n) is 18.0. The van der Waals surface area contributed by atoms with Gasteiger partial charge in [-0.1, -0.05) is 0 Å². The number of nitrogens with zero attached hydrogens (tertiary/aromatic N) is 4. The van der Waals surface area contributed by atoms with Gasteiger partial charge in [-0.2, -0.15) is 5.26 Å². The van der Waals surface area contributed by atoms with Crippen molar-refractivity contribution in [2.24, 2.45) is 0 Å². The highest BCUT2D eigenvalue weighted by molar-refractivity contribution is 7.16. The number of imidazole rings is 1. The molecule has 1 fully saturated rings. The molecule has 1 aliphatic rings. The monoisotopic (exact) mass is 443 g/mol. The molecular weight excluding hydrogens is 418 g/mol. The number of ether oxygens (including phenoxy) is 1. The summed E-state index contributed by atoms with van der Waals surface area (Å²) in [7, 11) is 1.68. The molecule has 32 heavy (non-hydrogen) atoms. The Balaban J connectivity index is 1.61. The molecule has 4 heterocycles. The van der Waals surface area contributed by atoms with Gasteiger partial charge in [0.25, 0.3) is 0 Å². The Morgan fingerprint density at radius 1 is 1.06 bits per heavy atom. The van der Waals surface area contributed by atoms with Gasteiger partial charge < -0.3 is 14.5 Å². The first kappa shape index (κ1) is 20.7. The molecular formula is C25H25N5OS. The number of nitrogens with one attached hydrogen (secondary N) is 1. The summed E-state index contributed by atoms with van der Waals surface area (Å²) in [6, 6.07) is 18.4. The van der Waals surface area contributed by atoms with Crippen LogP contribution in [0.25, 0.3) is 27.3 Å². The lowest BCUT2D eigenvalue weighted by atomic mass is 10.1. The van der Waals surface area contributed by atoms with Gasteiger partial charge in [0.1, 0.15) is 22.3 Å². The van der Waals surface area contributed by atoms with E-state index in [1.807, 2.05) is 24.3 Å². The van der Waals surface area contributed by atoms with Crippen LogP contribution in [0.4, 0.5) is 0 Å². The van der Waals surface area contributed by atoms with Gasteiger partial charge in [-0.3, -0.25) is 4.90 Å². The molecule has 6 nitrogen and oxygen atoms in total. The molecule has 1 aliphatic heterocycles. The molecule has 0 saturated carbocycles. The minimum Gasteiger partial charge on any atom is -0.497 e. The van der Waals surface area contributed by atoms with E-state index in [1.54, 1.807) is 7.11 Å².